The second-order valence-corrected chi connectivity index (χ2v) is 9.02. The predicted molar refractivity (Wildman–Crippen MR) is 97.1 cm³/mol. The summed E-state index contributed by atoms with van der Waals surface area (Å²) in [5, 5.41) is 10.0. The highest BCUT2D eigenvalue weighted by atomic mass is 32.2. The Kier molecular flexibility index (Phi) is 7.44. The van der Waals surface area contributed by atoms with Gasteiger partial charge in [0.1, 0.15) is 18.0 Å². The van der Waals surface area contributed by atoms with Gasteiger partial charge in [-0.15, -0.1) is 0 Å². The summed E-state index contributed by atoms with van der Waals surface area (Å²) in [6, 6.07) is 1.92. The van der Waals surface area contributed by atoms with Crippen molar-refractivity contribution in [3.05, 3.63) is 12.4 Å². The first-order chi connectivity index (χ1) is 13.1. The van der Waals surface area contributed by atoms with E-state index in [1.54, 1.807) is 6.33 Å². The van der Waals surface area contributed by atoms with Crippen molar-refractivity contribution in [2.24, 2.45) is 0 Å². The maximum atomic E-state index is 11.8. The van der Waals surface area contributed by atoms with E-state index in [-0.39, 0.29) is 5.25 Å². The Morgan fingerprint density at radius 2 is 1.86 bits per heavy atom. The fraction of sp³-hybridized carbons (Fsp3) is 0.688. The van der Waals surface area contributed by atoms with E-state index in [4.69, 9.17) is 9.90 Å². The molecule has 158 valence electrons. The second-order valence-electron chi connectivity index (χ2n) is 6.62. The van der Waals surface area contributed by atoms with E-state index in [1.165, 1.54) is 19.3 Å². The van der Waals surface area contributed by atoms with E-state index < -0.39 is 22.0 Å². The number of carbonyl (C=O) groups is 1. The number of halogens is 3. The van der Waals surface area contributed by atoms with Crippen LogP contribution in [0.3, 0.4) is 0 Å². The Morgan fingerprint density at radius 1 is 1.21 bits per heavy atom. The number of nitrogens with one attached hydrogen (secondary N) is 1. The van der Waals surface area contributed by atoms with Gasteiger partial charge in [0.05, 0.1) is 11.0 Å². The molecule has 0 aromatic carbocycles. The molecule has 12 heteroatoms. The van der Waals surface area contributed by atoms with Crippen molar-refractivity contribution in [3.8, 4) is 0 Å². The van der Waals surface area contributed by atoms with Crippen molar-refractivity contribution < 1.29 is 31.5 Å². The Hall–Kier alpha value is -2.11. The number of nitrogens with zero attached hydrogens (tertiary/aromatic N) is 3. The average Bonchev–Trinajstić information content (AvgIpc) is 2.99. The summed E-state index contributed by atoms with van der Waals surface area (Å²) in [6.07, 6.45) is 1.68. The van der Waals surface area contributed by atoms with Gasteiger partial charge in [-0.25, -0.2) is 23.2 Å². The Labute approximate surface area is 161 Å². The fourth-order valence-electron chi connectivity index (χ4n) is 3.05. The van der Waals surface area contributed by atoms with Crippen LogP contribution in [-0.4, -0.2) is 66.3 Å². The molecule has 2 N–H and O–H groups in total. The highest BCUT2D eigenvalue weighted by Crippen LogP contribution is 2.22. The van der Waals surface area contributed by atoms with Gasteiger partial charge in [0, 0.05) is 25.7 Å². The van der Waals surface area contributed by atoms with Crippen molar-refractivity contribution in [1.29, 1.82) is 0 Å². The van der Waals surface area contributed by atoms with E-state index in [1.807, 2.05) is 6.07 Å². The summed E-state index contributed by atoms with van der Waals surface area (Å²) >= 11 is 0. The highest BCUT2D eigenvalue weighted by Gasteiger charge is 2.38. The monoisotopic (exact) mass is 424 g/mol. The van der Waals surface area contributed by atoms with Crippen LogP contribution in [0.15, 0.2) is 12.4 Å². The molecule has 2 aliphatic heterocycles. The lowest BCUT2D eigenvalue weighted by Crippen LogP contribution is -2.30. The Morgan fingerprint density at radius 3 is 2.39 bits per heavy atom. The standard InChI is InChI=1S/C14H22N4O2S.C2HF3O2/c19-21(20)8-4-5-12(21)10-15-13-9-14(17-11-16-13)18-6-2-1-3-7-18;3-2(4,5)1(6)7/h9,11-12H,1-8,10H2,(H,15,16,17);(H,6,7). The van der Waals surface area contributed by atoms with E-state index in [0.717, 1.165) is 31.7 Å². The maximum absolute atomic E-state index is 11.8. The molecule has 8 nitrogen and oxygen atoms in total. The molecule has 1 atom stereocenters. The summed E-state index contributed by atoms with van der Waals surface area (Å²) in [6.45, 7) is 2.51. The minimum absolute atomic E-state index is 0.272. The van der Waals surface area contributed by atoms with E-state index in [2.05, 4.69) is 20.2 Å². The lowest BCUT2D eigenvalue weighted by molar-refractivity contribution is -0.192. The largest absolute Gasteiger partial charge is 0.490 e. The molecule has 0 saturated carbocycles. The van der Waals surface area contributed by atoms with Crippen LogP contribution in [0.1, 0.15) is 32.1 Å². The van der Waals surface area contributed by atoms with Crippen LogP contribution in [0.25, 0.3) is 0 Å². The van der Waals surface area contributed by atoms with Gasteiger partial charge in [-0.1, -0.05) is 0 Å². The number of anilines is 2. The minimum atomic E-state index is -5.08. The molecule has 3 heterocycles. The molecule has 1 aromatic heterocycles. The predicted octanol–water partition coefficient (Wildman–Crippen LogP) is 2.09. The number of sulfone groups is 1. The summed E-state index contributed by atoms with van der Waals surface area (Å²) < 4.78 is 55.4. The number of piperidine rings is 1. The molecule has 2 fully saturated rings. The zero-order valence-corrected chi connectivity index (χ0v) is 16.0. The molecular weight excluding hydrogens is 401 g/mol. The summed E-state index contributed by atoms with van der Waals surface area (Å²) in [5.41, 5.74) is 0. The second kappa shape index (κ2) is 9.39. The number of aromatic nitrogens is 2. The first kappa shape index (κ1) is 22.2. The number of alkyl halides is 3. The van der Waals surface area contributed by atoms with Crippen molar-refractivity contribution >= 4 is 27.4 Å². The molecule has 1 unspecified atom stereocenters. The summed E-state index contributed by atoms with van der Waals surface area (Å²) in [7, 11) is -2.90. The van der Waals surface area contributed by atoms with Crippen LogP contribution in [-0.2, 0) is 14.6 Å². The zero-order chi connectivity index (χ0) is 20.8. The number of rotatable bonds is 4. The summed E-state index contributed by atoms with van der Waals surface area (Å²) in [5.74, 6) is -0.788. The van der Waals surface area contributed by atoms with Gasteiger partial charge in [0.2, 0.25) is 0 Å². The van der Waals surface area contributed by atoms with Gasteiger partial charge < -0.3 is 15.3 Å². The van der Waals surface area contributed by atoms with Crippen LogP contribution in [0.5, 0.6) is 0 Å². The first-order valence-corrected chi connectivity index (χ1v) is 10.6. The fourth-order valence-corrected chi connectivity index (χ4v) is 4.81. The topological polar surface area (TPSA) is 112 Å². The quantitative estimate of drug-likeness (QED) is 0.756. The van der Waals surface area contributed by atoms with Crippen molar-refractivity contribution in [2.75, 3.05) is 35.6 Å². The summed E-state index contributed by atoms with van der Waals surface area (Å²) in [4.78, 5) is 19.7. The molecule has 2 saturated heterocycles. The van der Waals surface area contributed by atoms with Crippen LogP contribution in [0, 0.1) is 0 Å². The Bertz CT molecular complexity index is 767. The van der Waals surface area contributed by atoms with Gasteiger partial charge >= 0.3 is 12.1 Å². The van der Waals surface area contributed by atoms with E-state index in [9.17, 15) is 21.6 Å². The van der Waals surface area contributed by atoms with Crippen LogP contribution in [0.2, 0.25) is 0 Å². The lowest BCUT2D eigenvalue weighted by atomic mass is 10.1. The SMILES string of the molecule is O=C(O)C(F)(F)F.O=S1(=O)CCCC1CNc1cc(N2CCCCC2)ncn1. The third-order valence-corrected chi connectivity index (χ3v) is 6.82. The Balaban J connectivity index is 0.000000345. The lowest BCUT2D eigenvalue weighted by Gasteiger charge is -2.27. The normalized spacial score (nSPS) is 21.5. The zero-order valence-electron chi connectivity index (χ0n) is 15.2. The van der Waals surface area contributed by atoms with Crippen LogP contribution < -0.4 is 10.2 Å². The highest BCUT2D eigenvalue weighted by molar-refractivity contribution is 7.92. The number of hydrogen-bond donors (Lipinski definition) is 2. The molecule has 3 rings (SSSR count). The molecule has 0 radical (unpaired) electrons. The van der Waals surface area contributed by atoms with Gasteiger partial charge in [-0.05, 0) is 32.1 Å². The van der Waals surface area contributed by atoms with Crippen LogP contribution >= 0.6 is 0 Å². The molecular formula is C16H23F3N4O4S. The first-order valence-electron chi connectivity index (χ1n) is 8.92. The molecule has 1 aromatic rings. The number of carboxylic acids is 1. The third kappa shape index (κ3) is 6.50. The van der Waals surface area contributed by atoms with Gasteiger partial charge in [-0.2, -0.15) is 13.2 Å². The molecule has 0 bridgehead atoms. The number of carboxylic acid groups (broad SMARTS) is 1. The smallest absolute Gasteiger partial charge is 0.475 e. The molecule has 0 spiro atoms. The number of hydrogen-bond acceptors (Lipinski definition) is 7. The van der Waals surface area contributed by atoms with Crippen molar-refractivity contribution in [3.63, 3.8) is 0 Å². The maximum Gasteiger partial charge on any atom is 0.490 e. The van der Waals surface area contributed by atoms with Crippen LogP contribution in [0.4, 0.5) is 24.8 Å². The van der Waals surface area contributed by atoms with E-state index >= 15 is 0 Å². The molecule has 2 aliphatic rings. The molecule has 28 heavy (non-hydrogen) atoms. The minimum Gasteiger partial charge on any atom is -0.475 e. The van der Waals surface area contributed by atoms with Crippen molar-refractivity contribution in [1.82, 2.24) is 9.97 Å². The average molecular weight is 424 g/mol. The van der Waals surface area contributed by atoms with Gasteiger partial charge in [-0.3, -0.25) is 0 Å². The number of aliphatic carboxylic acids is 1. The third-order valence-electron chi connectivity index (χ3n) is 4.55. The van der Waals surface area contributed by atoms with Crippen molar-refractivity contribution in [2.45, 2.75) is 43.5 Å². The molecule has 0 aliphatic carbocycles. The van der Waals surface area contributed by atoms with Gasteiger partial charge in [0.15, 0.2) is 9.84 Å². The van der Waals surface area contributed by atoms with E-state index in [0.29, 0.717) is 18.1 Å². The van der Waals surface area contributed by atoms with Gasteiger partial charge in [0.25, 0.3) is 0 Å². The molecule has 0 amide bonds.